The van der Waals surface area contributed by atoms with Crippen LogP contribution in [0.1, 0.15) is 39.2 Å². The van der Waals surface area contributed by atoms with Crippen LogP contribution in [0.25, 0.3) is 0 Å². The summed E-state index contributed by atoms with van der Waals surface area (Å²) in [6, 6.07) is 6.78. The minimum Gasteiger partial charge on any atom is -0.445 e. The van der Waals surface area contributed by atoms with E-state index in [0.717, 1.165) is 5.56 Å². The first-order chi connectivity index (χ1) is 16.9. The zero-order valence-corrected chi connectivity index (χ0v) is 20.7. The van der Waals surface area contributed by atoms with Crippen molar-refractivity contribution < 1.29 is 33.4 Å². The molecule has 2 heterocycles. The number of primary amides is 1. The van der Waals surface area contributed by atoms with E-state index in [9.17, 15) is 24.0 Å². The Balaban J connectivity index is 1.63. The van der Waals surface area contributed by atoms with Crippen molar-refractivity contribution in [1.29, 1.82) is 0 Å². The van der Waals surface area contributed by atoms with Gasteiger partial charge in [-0.2, -0.15) is 0 Å². The molecule has 5 amide bonds. The molecule has 3 atom stereocenters. The summed E-state index contributed by atoms with van der Waals surface area (Å²) in [7, 11) is 0. The molecule has 2 aliphatic rings. The van der Waals surface area contributed by atoms with Crippen LogP contribution in [0.2, 0.25) is 0 Å². The highest BCUT2D eigenvalue weighted by Gasteiger charge is 2.44. The predicted octanol–water partition coefficient (Wildman–Crippen LogP) is 0.493. The topological polar surface area (TPSA) is 160 Å². The Kier molecular flexibility index (Phi) is 8.38. The molecule has 2 aliphatic heterocycles. The first kappa shape index (κ1) is 26.8. The van der Waals surface area contributed by atoms with E-state index in [1.54, 1.807) is 20.8 Å². The largest absolute Gasteiger partial charge is 0.445 e. The summed E-state index contributed by atoms with van der Waals surface area (Å²) in [6.07, 6.45) is -0.970. The number of carbonyl (C=O) groups is 5. The third-order valence-corrected chi connectivity index (χ3v) is 5.73. The van der Waals surface area contributed by atoms with Gasteiger partial charge in [0.2, 0.25) is 17.7 Å². The van der Waals surface area contributed by atoms with Crippen LogP contribution in [0.15, 0.2) is 30.3 Å². The lowest BCUT2D eigenvalue weighted by Crippen LogP contribution is -2.51. The SMILES string of the molecule is CC(C)(C)OC(=O)N1C[C@@H](NC(=O)OCc2ccccc2)C[C@H]1C(=O)N[C@@H]1CCN(CC(N)=O)C1=O. The number of hydrogen-bond acceptors (Lipinski definition) is 7. The Labute approximate surface area is 209 Å². The van der Waals surface area contributed by atoms with Crippen LogP contribution >= 0.6 is 0 Å². The van der Waals surface area contributed by atoms with E-state index in [4.69, 9.17) is 15.2 Å². The summed E-state index contributed by atoms with van der Waals surface area (Å²) in [4.78, 5) is 64.5. The Morgan fingerprint density at radius 1 is 1.11 bits per heavy atom. The van der Waals surface area contributed by atoms with E-state index in [2.05, 4.69) is 10.6 Å². The summed E-state index contributed by atoms with van der Waals surface area (Å²) in [6.45, 7) is 5.27. The van der Waals surface area contributed by atoms with Gasteiger partial charge in [0, 0.05) is 13.1 Å². The molecular weight excluding hydrogens is 470 g/mol. The molecule has 0 bridgehead atoms. The summed E-state index contributed by atoms with van der Waals surface area (Å²) in [5, 5.41) is 5.36. The molecule has 0 aromatic heterocycles. The second kappa shape index (κ2) is 11.3. The zero-order valence-electron chi connectivity index (χ0n) is 20.7. The van der Waals surface area contributed by atoms with Crippen molar-refractivity contribution in [3.63, 3.8) is 0 Å². The van der Waals surface area contributed by atoms with Crippen LogP contribution in [0.4, 0.5) is 9.59 Å². The number of amides is 5. The smallest absolute Gasteiger partial charge is 0.411 e. The number of ether oxygens (including phenoxy) is 2. The molecule has 2 fully saturated rings. The lowest BCUT2D eigenvalue weighted by Gasteiger charge is -2.28. The highest BCUT2D eigenvalue weighted by molar-refractivity contribution is 5.94. The number of rotatable bonds is 7. The Morgan fingerprint density at radius 2 is 1.81 bits per heavy atom. The summed E-state index contributed by atoms with van der Waals surface area (Å²) < 4.78 is 10.7. The second-order valence-electron chi connectivity index (χ2n) is 9.86. The van der Waals surface area contributed by atoms with Gasteiger partial charge in [-0.25, -0.2) is 9.59 Å². The molecule has 0 aliphatic carbocycles. The molecule has 3 rings (SSSR count). The van der Waals surface area contributed by atoms with Crippen LogP contribution in [-0.4, -0.2) is 83.1 Å². The van der Waals surface area contributed by atoms with Crippen molar-refractivity contribution in [3.8, 4) is 0 Å². The van der Waals surface area contributed by atoms with Crippen molar-refractivity contribution in [2.24, 2.45) is 5.73 Å². The third kappa shape index (κ3) is 7.33. The first-order valence-electron chi connectivity index (χ1n) is 11.8. The lowest BCUT2D eigenvalue weighted by molar-refractivity contribution is -0.135. The highest BCUT2D eigenvalue weighted by atomic mass is 16.6. The van der Waals surface area contributed by atoms with Gasteiger partial charge >= 0.3 is 12.2 Å². The normalized spacial score (nSPS) is 21.8. The van der Waals surface area contributed by atoms with Crippen molar-refractivity contribution in [2.45, 2.75) is 63.9 Å². The average molecular weight is 504 g/mol. The van der Waals surface area contributed by atoms with Crippen molar-refractivity contribution >= 4 is 29.9 Å². The van der Waals surface area contributed by atoms with Gasteiger partial charge in [0.15, 0.2) is 0 Å². The zero-order chi connectivity index (χ0) is 26.5. The molecule has 0 saturated carbocycles. The number of nitrogens with two attached hydrogens (primary N) is 1. The standard InChI is InChI=1S/C24H33N5O7/c1-24(2,3)36-23(34)29-12-16(26-22(33)35-14-15-7-5-4-6-8-15)11-18(29)20(31)27-17-9-10-28(21(17)32)13-19(25)30/h4-8,16-18H,9-14H2,1-3H3,(H2,25,30)(H,26,33)(H,27,31)/t16-,17+,18-/m0/s1. The second-order valence-corrected chi connectivity index (χ2v) is 9.86. The van der Waals surface area contributed by atoms with Crippen LogP contribution in [0, 0.1) is 0 Å². The van der Waals surface area contributed by atoms with Gasteiger partial charge in [0.25, 0.3) is 0 Å². The number of nitrogens with zero attached hydrogens (tertiary/aromatic N) is 2. The highest BCUT2D eigenvalue weighted by Crippen LogP contribution is 2.23. The van der Waals surface area contributed by atoms with E-state index in [-0.39, 0.29) is 32.7 Å². The number of hydrogen-bond donors (Lipinski definition) is 3. The van der Waals surface area contributed by atoms with E-state index in [0.29, 0.717) is 6.42 Å². The van der Waals surface area contributed by atoms with Crippen LogP contribution in [-0.2, 0) is 30.5 Å². The van der Waals surface area contributed by atoms with E-state index in [1.165, 1.54) is 9.80 Å². The Morgan fingerprint density at radius 3 is 2.44 bits per heavy atom. The van der Waals surface area contributed by atoms with Gasteiger partial charge in [0.1, 0.15) is 24.3 Å². The number of benzene rings is 1. The molecular formula is C24H33N5O7. The average Bonchev–Trinajstić information content (AvgIpc) is 3.36. The van der Waals surface area contributed by atoms with Gasteiger partial charge < -0.3 is 30.7 Å². The van der Waals surface area contributed by atoms with Crippen molar-refractivity contribution in [1.82, 2.24) is 20.4 Å². The molecule has 12 heteroatoms. The molecule has 0 unspecified atom stereocenters. The maximum Gasteiger partial charge on any atom is 0.411 e. The van der Waals surface area contributed by atoms with Crippen molar-refractivity contribution in [2.75, 3.05) is 19.6 Å². The molecule has 12 nitrogen and oxygen atoms in total. The summed E-state index contributed by atoms with van der Waals surface area (Å²) in [5.74, 6) is -1.61. The molecule has 0 radical (unpaired) electrons. The first-order valence-corrected chi connectivity index (χ1v) is 11.8. The minimum absolute atomic E-state index is 0.0276. The predicted molar refractivity (Wildman–Crippen MR) is 127 cm³/mol. The molecule has 2 saturated heterocycles. The number of likely N-dealkylation sites (tertiary alicyclic amines) is 2. The summed E-state index contributed by atoms with van der Waals surface area (Å²) in [5.41, 5.74) is 5.19. The molecule has 196 valence electrons. The maximum absolute atomic E-state index is 13.1. The van der Waals surface area contributed by atoms with E-state index >= 15 is 0 Å². The van der Waals surface area contributed by atoms with E-state index < -0.39 is 53.6 Å². The van der Waals surface area contributed by atoms with Crippen LogP contribution in [0.5, 0.6) is 0 Å². The lowest BCUT2D eigenvalue weighted by atomic mass is 10.1. The van der Waals surface area contributed by atoms with E-state index in [1.807, 2.05) is 30.3 Å². The number of alkyl carbamates (subject to hydrolysis) is 1. The number of nitrogens with one attached hydrogen (secondary N) is 2. The molecule has 36 heavy (non-hydrogen) atoms. The fourth-order valence-electron chi connectivity index (χ4n) is 4.13. The molecule has 0 spiro atoms. The minimum atomic E-state index is -0.975. The van der Waals surface area contributed by atoms with Gasteiger partial charge in [-0.05, 0) is 39.2 Å². The Hall–Kier alpha value is -3.83. The molecule has 1 aromatic carbocycles. The monoisotopic (exact) mass is 503 g/mol. The van der Waals surface area contributed by atoms with Crippen molar-refractivity contribution in [3.05, 3.63) is 35.9 Å². The van der Waals surface area contributed by atoms with Crippen LogP contribution in [0.3, 0.4) is 0 Å². The van der Waals surface area contributed by atoms with Gasteiger partial charge in [-0.1, -0.05) is 30.3 Å². The maximum atomic E-state index is 13.1. The van der Waals surface area contributed by atoms with Gasteiger partial charge in [-0.15, -0.1) is 0 Å². The fourth-order valence-corrected chi connectivity index (χ4v) is 4.13. The Bertz CT molecular complexity index is 994. The number of carbonyl (C=O) groups excluding carboxylic acids is 5. The quantitative estimate of drug-likeness (QED) is 0.488. The third-order valence-electron chi connectivity index (χ3n) is 5.73. The van der Waals surface area contributed by atoms with Gasteiger partial charge in [-0.3, -0.25) is 19.3 Å². The summed E-state index contributed by atoms with van der Waals surface area (Å²) >= 11 is 0. The van der Waals surface area contributed by atoms with Gasteiger partial charge in [0.05, 0.1) is 12.6 Å². The fraction of sp³-hybridized carbons (Fsp3) is 0.542. The van der Waals surface area contributed by atoms with Crippen LogP contribution < -0.4 is 16.4 Å². The molecule has 1 aromatic rings. The molecule has 4 N–H and O–H groups in total.